The molecule has 1 saturated carbocycles. The summed E-state index contributed by atoms with van der Waals surface area (Å²) in [5.74, 6) is 0.791. The third kappa shape index (κ3) is 4.24. The van der Waals surface area contributed by atoms with Crippen molar-refractivity contribution >= 4 is 11.6 Å². The molecule has 0 unspecified atom stereocenters. The maximum Gasteiger partial charge on any atom is 0.279 e. The van der Waals surface area contributed by atoms with E-state index < -0.39 is 0 Å². The number of carbonyl (C=O) groups excluding carboxylic acids is 1. The van der Waals surface area contributed by atoms with Gasteiger partial charge < -0.3 is 10.6 Å². The summed E-state index contributed by atoms with van der Waals surface area (Å²) in [6, 6.07) is 18.8. The zero-order chi connectivity index (χ0) is 16.8. The van der Waals surface area contributed by atoms with Crippen molar-refractivity contribution in [1.82, 2.24) is 0 Å². The van der Waals surface area contributed by atoms with E-state index in [0.29, 0.717) is 18.5 Å². The molecule has 1 amide bonds. The molecular weight excluding hydrogens is 296 g/mol. The number of benzene rings is 2. The number of para-hydroxylation sites is 1. The minimum absolute atomic E-state index is 0.0798. The highest BCUT2D eigenvalue weighted by Crippen LogP contribution is 2.27. The van der Waals surface area contributed by atoms with E-state index in [-0.39, 0.29) is 5.91 Å². The van der Waals surface area contributed by atoms with E-state index in [0.717, 1.165) is 16.8 Å². The average Bonchev–Trinajstić information content (AvgIpc) is 2.62. The van der Waals surface area contributed by atoms with Crippen molar-refractivity contribution in [3.8, 4) is 11.1 Å². The first-order valence-corrected chi connectivity index (χ1v) is 9.01. The summed E-state index contributed by atoms with van der Waals surface area (Å²) >= 11 is 0. The molecule has 3 rings (SSSR count). The molecule has 3 N–H and O–H groups in total. The topological polar surface area (TPSA) is 45.7 Å². The smallest absolute Gasteiger partial charge is 0.279 e. The highest BCUT2D eigenvalue weighted by atomic mass is 16.1. The van der Waals surface area contributed by atoms with Crippen molar-refractivity contribution in [2.75, 3.05) is 11.9 Å². The Hall–Kier alpha value is -2.13. The van der Waals surface area contributed by atoms with Gasteiger partial charge in [0.1, 0.15) is 0 Å². The summed E-state index contributed by atoms with van der Waals surface area (Å²) in [6.45, 7) is 2.81. The molecule has 3 heteroatoms. The van der Waals surface area contributed by atoms with E-state index in [2.05, 4.69) is 35.8 Å². The molecule has 2 aromatic carbocycles. The van der Waals surface area contributed by atoms with Crippen LogP contribution in [0.15, 0.2) is 54.6 Å². The van der Waals surface area contributed by atoms with Gasteiger partial charge >= 0.3 is 0 Å². The monoisotopic (exact) mass is 323 g/mol. The summed E-state index contributed by atoms with van der Waals surface area (Å²) in [7, 11) is 0. The van der Waals surface area contributed by atoms with Crippen molar-refractivity contribution in [3.63, 3.8) is 0 Å². The fraction of sp³-hybridized carbons (Fsp3) is 0.381. The third-order valence-electron chi connectivity index (χ3n) is 5.07. The Morgan fingerprint density at radius 1 is 1.04 bits per heavy atom. The third-order valence-corrected chi connectivity index (χ3v) is 5.07. The van der Waals surface area contributed by atoms with Crippen molar-refractivity contribution in [1.29, 1.82) is 0 Å². The highest BCUT2D eigenvalue weighted by molar-refractivity contribution is 5.95. The second kappa shape index (κ2) is 8.11. The molecule has 0 radical (unpaired) electrons. The molecule has 1 aliphatic carbocycles. The second-order valence-corrected chi connectivity index (χ2v) is 6.83. The van der Waals surface area contributed by atoms with E-state index in [4.69, 9.17) is 0 Å². The molecular formula is C21H27N2O+. The van der Waals surface area contributed by atoms with Crippen LogP contribution in [0.25, 0.3) is 11.1 Å². The second-order valence-electron chi connectivity index (χ2n) is 6.83. The van der Waals surface area contributed by atoms with Gasteiger partial charge in [-0.2, -0.15) is 0 Å². The molecule has 3 nitrogen and oxygen atoms in total. The molecule has 0 aromatic heterocycles. The molecule has 0 aliphatic heterocycles. The van der Waals surface area contributed by atoms with Gasteiger partial charge in [0.05, 0.1) is 6.04 Å². The summed E-state index contributed by atoms with van der Waals surface area (Å²) in [4.78, 5) is 12.4. The van der Waals surface area contributed by atoms with Gasteiger partial charge in [0.15, 0.2) is 6.54 Å². The van der Waals surface area contributed by atoms with Crippen molar-refractivity contribution in [2.24, 2.45) is 5.92 Å². The van der Waals surface area contributed by atoms with Crippen molar-refractivity contribution < 1.29 is 10.1 Å². The lowest BCUT2D eigenvalue weighted by molar-refractivity contribution is -0.687. The van der Waals surface area contributed by atoms with E-state index in [1.54, 1.807) is 0 Å². The number of quaternary nitrogens is 1. The maximum absolute atomic E-state index is 12.4. The largest absolute Gasteiger partial charge is 0.336 e. The molecule has 2 aromatic rings. The van der Waals surface area contributed by atoms with Crippen LogP contribution >= 0.6 is 0 Å². The number of anilines is 1. The standard InChI is InChI=1S/C21H26N2O/c1-16-9-5-7-13-19(16)22-15-21(24)23-20-14-8-6-12-18(20)17-10-3-2-4-11-17/h2-4,6,8,10-12,14,16,19,22H,5,7,9,13,15H2,1H3,(H,23,24)/p+1/t16-,19-/m1/s1. The lowest BCUT2D eigenvalue weighted by Crippen LogP contribution is -2.93. The molecule has 1 fully saturated rings. The van der Waals surface area contributed by atoms with Gasteiger partial charge in [-0.15, -0.1) is 0 Å². The zero-order valence-corrected chi connectivity index (χ0v) is 14.4. The minimum atomic E-state index is 0.0798. The van der Waals surface area contributed by atoms with Crippen LogP contribution in [0.4, 0.5) is 5.69 Å². The number of carbonyl (C=O) groups is 1. The first-order chi connectivity index (χ1) is 11.7. The minimum Gasteiger partial charge on any atom is -0.336 e. The normalized spacial score (nSPS) is 20.5. The molecule has 0 spiro atoms. The van der Waals surface area contributed by atoms with Crippen molar-refractivity contribution in [2.45, 2.75) is 38.6 Å². The van der Waals surface area contributed by atoms with Gasteiger partial charge in [-0.05, 0) is 30.9 Å². The molecule has 0 bridgehead atoms. The lowest BCUT2D eigenvalue weighted by atomic mass is 9.86. The first kappa shape index (κ1) is 16.7. The van der Waals surface area contributed by atoms with E-state index in [1.165, 1.54) is 25.7 Å². The van der Waals surface area contributed by atoms with Crippen LogP contribution in [-0.2, 0) is 4.79 Å². The summed E-state index contributed by atoms with van der Waals surface area (Å²) in [5, 5.41) is 5.32. The van der Waals surface area contributed by atoms with Crippen LogP contribution in [0.5, 0.6) is 0 Å². The Balaban J connectivity index is 1.62. The van der Waals surface area contributed by atoms with Crippen LogP contribution in [-0.4, -0.2) is 18.5 Å². The molecule has 24 heavy (non-hydrogen) atoms. The summed E-state index contributed by atoms with van der Waals surface area (Å²) in [6.07, 6.45) is 5.15. The number of hydrogen-bond donors (Lipinski definition) is 2. The van der Waals surface area contributed by atoms with Gasteiger partial charge in [-0.3, -0.25) is 4.79 Å². The van der Waals surface area contributed by atoms with Crippen LogP contribution < -0.4 is 10.6 Å². The van der Waals surface area contributed by atoms with E-state index >= 15 is 0 Å². The quantitative estimate of drug-likeness (QED) is 0.870. The van der Waals surface area contributed by atoms with E-state index in [1.807, 2.05) is 36.4 Å². The Morgan fingerprint density at radius 2 is 1.75 bits per heavy atom. The SMILES string of the molecule is C[C@@H]1CCCC[C@H]1[NH2+]CC(=O)Nc1ccccc1-c1ccccc1. The fourth-order valence-electron chi connectivity index (χ4n) is 3.62. The number of nitrogens with one attached hydrogen (secondary N) is 1. The highest BCUT2D eigenvalue weighted by Gasteiger charge is 2.24. The van der Waals surface area contributed by atoms with Gasteiger partial charge in [-0.25, -0.2) is 0 Å². The first-order valence-electron chi connectivity index (χ1n) is 9.01. The molecule has 2 atom stereocenters. The predicted octanol–water partition coefficient (Wildman–Crippen LogP) is 3.43. The number of rotatable bonds is 5. The molecule has 0 heterocycles. The van der Waals surface area contributed by atoms with Crippen LogP contribution in [0, 0.1) is 5.92 Å². The van der Waals surface area contributed by atoms with Gasteiger partial charge in [0.25, 0.3) is 5.91 Å². The van der Waals surface area contributed by atoms with Gasteiger partial charge in [-0.1, -0.05) is 61.9 Å². The Kier molecular flexibility index (Phi) is 5.65. The molecule has 1 aliphatic rings. The maximum atomic E-state index is 12.4. The Bertz CT molecular complexity index is 669. The van der Waals surface area contributed by atoms with Crippen LogP contribution in [0.2, 0.25) is 0 Å². The summed E-state index contributed by atoms with van der Waals surface area (Å²) < 4.78 is 0. The number of hydrogen-bond acceptors (Lipinski definition) is 1. The average molecular weight is 323 g/mol. The number of nitrogens with two attached hydrogens (primary N) is 1. The lowest BCUT2D eigenvalue weighted by Gasteiger charge is -2.26. The molecule has 0 saturated heterocycles. The zero-order valence-electron chi connectivity index (χ0n) is 14.4. The Labute approximate surface area is 144 Å². The van der Waals surface area contributed by atoms with Gasteiger partial charge in [0, 0.05) is 17.2 Å². The van der Waals surface area contributed by atoms with Crippen LogP contribution in [0.3, 0.4) is 0 Å². The summed E-state index contributed by atoms with van der Waals surface area (Å²) in [5.41, 5.74) is 3.08. The fourth-order valence-corrected chi connectivity index (χ4v) is 3.62. The van der Waals surface area contributed by atoms with Crippen LogP contribution in [0.1, 0.15) is 32.6 Å². The van der Waals surface area contributed by atoms with E-state index in [9.17, 15) is 4.79 Å². The Morgan fingerprint density at radius 3 is 2.54 bits per heavy atom. The number of amides is 1. The van der Waals surface area contributed by atoms with Gasteiger partial charge in [0.2, 0.25) is 0 Å². The molecule has 126 valence electrons. The van der Waals surface area contributed by atoms with Crippen molar-refractivity contribution in [3.05, 3.63) is 54.6 Å². The predicted molar refractivity (Wildman–Crippen MR) is 98.7 cm³/mol.